The van der Waals surface area contributed by atoms with Gasteiger partial charge in [-0.3, -0.25) is 0 Å². The maximum absolute atomic E-state index is 5.92. The molecule has 2 rings (SSSR count). The Labute approximate surface area is 138 Å². The van der Waals surface area contributed by atoms with Crippen LogP contribution in [0.5, 0.6) is 11.5 Å². The molecule has 6 nitrogen and oxygen atoms in total. The molecular formula is C17H28N4O2. The molecular weight excluding hydrogens is 292 g/mol. The molecule has 23 heavy (non-hydrogen) atoms. The Kier molecular flexibility index (Phi) is 7.00. The first kappa shape index (κ1) is 17.4. The molecule has 0 saturated carbocycles. The van der Waals surface area contributed by atoms with Crippen molar-refractivity contribution in [3.63, 3.8) is 0 Å². The summed E-state index contributed by atoms with van der Waals surface area (Å²) in [5.41, 5.74) is 0. The summed E-state index contributed by atoms with van der Waals surface area (Å²) < 4.78 is 11.6. The van der Waals surface area contributed by atoms with Gasteiger partial charge in [0.1, 0.15) is 6.61 Å². The second-order valence-electron chi connectivity index (χ2n) is 5.80. The molecule has 1 atom stereocenters. The second-order valence-corrected chi connectivity index (χ2v) is 5.80. The molecule has 1 heterocycles. The smallest absolute Gasteiger partial charge is 0.191 e. The Morgan fingerprint density at radius 1 is 1.26 bits per heavy atom. The van der Waals surface area contributed by atoms with E-state index in [2.05, 4.69) is 41.5 Å². The number of hydrogen-bond donors (Lipinski definition) is 2. The molecule has 0 amide bonds. The number of rotatable bonds is 7. The summed E-state index contributed by atoms with van der Waals surface area (Å²) >= 11 is 0. The summed E-state index contributed by atoms with van der Waals surface area (Å²) in [6.07, 6.45) is 1.02. The Hall–Kier alpha value is -1.95. The first-order chi connectivity index (χ1) is 11.2. The van der Waals surface area contributed by atoms with Crippen molar-refractivity contribution in [2.24, 2.45) is 4.99 Å². The summed E-state index contributed by atoms with van der Waals surface area (Å²) in [6.45, 7) is 5.95. The fourth-order valence-corrected chi connectivity index (χ4v) is 2.29. The van der Waals surface area contributed by atoms with Gasteiger partial charge in [-0.05, 0) is 46.1 Å². The fourth-order valence-electron chi connectivity index (χ4n) is 2.29. The fraction of sp³-hybridized carbons (Fsp3) is 0.588. The van der Waals surface area contributed by atoms with E-state index in [-0.39, 0.29) is 6.10 Å². The van der Waals surface area contributed by atoms with Crippen molar-refractivity contribution in [1.29, 1.82) is 0 Å². The minimum Gasteiger partial charge on any atom is -0.486 e. The highest BCUT2D eigenvalue weighted by Crippen LogP contribution is 2.30. The predicted octanol–water partition coefficient (Wildman–Crippen LogP) is 1.33. The molecule has 0 bridgehead atoms. The van der Waals surface area contributed by atoms with E-state index in [1.807, 2.05) is 24.3 Å². The van der Waals surface area contributed by atoms with E-state index >= 15 is 0 Å². The predicted molar refractivity (Wildman–Crippen MR) is 93.5 cm³/mol. The summed E-state index contributed by atoms with van der Waals surface area (Å²) in [5, 5.41) is 6.61. The van der Waals surface area contributed by atoms with Crippen molar-refractivity contribution in [1.82, 2.24) is 15.5 Å². The topological polar surface area (TPSA) is 58.1 Å². The molecule has 128 valence electrons. The average molecular weight is 320 g/mol. The van der Waals surface area contributed by atoms with Crippen LogP contribution in [0.25, 0.3) is 0 Å². The van der Waals surface area contributed by atoms with Gasteiger partial charge in [0, 0.05) is 13.1 Å². The monoisotopic (exact) mass is 320 g/mol. The summed E-state index contributed by atoms with van der Waals surface area (Å²) in [7, 11) is 4.16. The number of hydrogen-bond acceptors (Lipinski definition) is 4. The zero-order valence-electron chi connectivity index (χ0n) is 14.3. The van der Waals surface area contributed by atoms with Gasteiger partial charge in [-0.1, -0.05) is 12.1 Å². The molecule has 0 aliphatic carbocycles. The first-order valence-corrected chi connectivity index (χ1v) is 8.24. The van der Waals surface area contributed by atoms with Gasteiger partial charge >= 0.3 is 0 Å². The third-order valence-electron chi connectivity index (χ3n) is 3.44. The molecule has 6 heteroatoms. The van der Waals surface area contributed by atoms with Crippen LogP contribution in [-0.4, -0.2) is 63.8 Å². The first-order valence-electron chi connectivity index (χ1n) is 8.24. The molecule has 1 aliphatic heterocycles. The molecule has 1 aromatic carbocycles. The lowest BCUT2D eigenvalue weighted by molar-refractivity contribution is 0.0971. The number of nitrogens with one attached hydrogen (secondary N) is 2. The lowest BCUT2D eigenvalue weighted by atomic mass is 10.2. The molecule has 0 saturated heterocycles. The van der Waals surface area contributed by atoms with Gasteiger partial charge in [-0.15, -0.1) is 0 Å². The van der Waals surface area contributed by atoms with Gasteiger partial charge < -0.3 is 25.0 Å². The normalized spacial score (nSPS) is 17.2. The van der Waals surface area contributed by atoms with E-state index in [1.54, 1.807) is 0 Å². The molecule has 1 aliphatic rings. The van der Waals surface area contributed by atoms with Crippen molar-refractivity contribution < 1.29 is 9.47 Å². The van der Waals surface area contributed by atoms with Crippen LogP contribution in [0.15, 0.2) is 29.3 Å². The highest BCUT2D eigenvalue weighted by Gasteiger charge is 2.20. The third-order valence-corrected chi connectivity index (χ3v) is 3.44. The Morgan fingerprint density at radius 2 is 2.04 bits per heavy atom. The molecule has 1 unspecified atom stereocenters. The Bertz CT molecular complexity index is 505. The minimum atomic E-state index is -0.0536. The average Bonchev–Trinajstić information content (AvgIpc) is 2.56. The van der Waals surface area contributed by atoms with Gasteiger partial charge in [-0.2, -0.15) is 0 Å². The van der Waals surface area contributed by atoms with Crippen LogP contribution in [0.4, 0.5) is 0 Å². The molecule has 1 aromatic rings. The number of para-hydroxylation sites is 2. The highest BCUT2D eigenvalue weighted by molar-refractivity contribution is 5.79. The number of nitrogens with zero attached hydrogens (tertiary/aromatic N) is 2. The maximum atomic E-state index is 5.92. The number of guanidine groups is 1. The van der Waals surface area contributed by atoms with E-state index in [0.29, 0.717) is 13.2 Å². The number of benzene rings is 1. The van der Waals surface area contributed by atoms with Gasteiger partial charge in [-0.25, -0.2) is 4.99 Å². The highest BCUT2D eigenvalue weighted by atomic mass is 16.6. The van der Waals surface area contributed by atoms with Gasteiger partial charge in [0.25, 0.3) is 0 Å². The van der Waals surface area contributed by atoms with E-state index in [1.165, 1.54) is 0 Å². The largest absolute Gasteiger partial charge is 0.486 e. The third kappa shape index (κ3) is 5.98. The zero-order valence-corrected chi connectivity index (χ0v) is 14.3. The second kappa shape index (κ2) is 9.25. The number of fused-ring (bicyclic) bond motifs is 1. The number of aliphatic imine (C=N–C) groups is 1. The quantitative estimate of drug-likeness (QED) is 0.451. The maximum Gasteiger partial charge on any atom is 0.191 e. The van der Waals surface area contributed by atoms with Crippen LogP contribution in [0.3, 0.4) is 0 Å². The van der Waals surface area contributed by atoms with Crippen LogP contribution >= 0.6 is 0 Å². The summed E-state index contributed by atoms with van der Waals surface area (Å²) in [5.74, 6) is 2.43. The van der Waals surface area contributed by atoms with Crippen molar-refractivity contribution in [2.45, 2.75) is 19.4 Å². The van der Waals surface area contributed by atoms with Crippen molar-refractivity contribution in [2.75, 3.05) is 46.9 Å². The minimum absolute atomic E-state index is 0.0536. The molecule has 2 N–H and O–H groups in total. The van der Waals surface area contributed by atoms with Gasteiger partial charge in [0.2, 0.25) is 0 Å². The lowest BCUT2D eigenvalue weighted by Gasteiger charge is -2.25. The standard InChI is InChI=1S/C17H28N4O2/c1-4-18-17(19-10-7-11-21(2)3)20-12-14-13-22-15-8-5-6-9-16(15)23-14/h5-6,8-9,14H,4,7,10-13H2,1-3H3,(H2,18,19,20). The van der Waals surface area contributed by atoms with Crippen molar-refractivity contribution in [3.8, 4) is 11.5 Å². The van der Waals surface area contributed by atoms with Crippen molar-refractivity contribution in [3.05, 3.63) is 24.3 Å². The zero-order chi connectivity index (χ0) is 16.5. The Morgan fingerprint density at radius 3 is 2.78 bits per heavy atom. The van der Waals surface area contributed by atoms with Crippen LogP contribution in [-0.2, 0) is 0 Å². The van der Waals surface area contributed by atoms with Crippen LogP contribution in [0, 0.1) is 0 Å². The molecule has 0 aromatic heterocycles. The van der Waals surface area contributed by atoms with E-state index in [4.69, 9.17) is 9.47 Å². The molecule has 0 spiro atoms. The van der Waals surface area contributed by atoms with E-state index < -0.39 is 0 Å². The summed E-state index contributed by atoms with van der Waals surface area (Å²) in [6, 6.07) is 7.74. The Balaban J connectivity index is 1.81. The van der Waals surface area contributed by atoms with Crippen LogP contribution < -0.4 is 20.1 Å². The van der Waals surface area contributed by atoms with Crippen LogP contribution in [0.1, 0.15) is 13.3 Å². The summed E-state index contributed by atoms with van der Waals surface area (Å²) in [4.78, 5) is 6.78. The molecule has 0 radical (unpaired) electrons. The van der Waals surface area contributed by atoms with E-state index in [0.717, 1.165) is 43.5 Å². The van der Waals surface area contributed by atoms with Crippen molar-refractivity contribution >= 4 is 5.96 Å². The number of ether oxygens (including phenoxy) is 2. The van der Waals surface area contributed by atoms with Gasteiger partial charge in [0.05, 0.1) is 6.54 Å². The van der Waals surface area contributed by atoms with Crippen LogP contribution in [0.2, 0.25) is 0 Å². The van der Waals surface area contributed by atoms with E-state index in [9.17, 15) is 0 Å². The van der Waals surface area contributed by atoms with Gasteiger partial charge in [0.15, 0.2) is 23.6 Å². The molecule has 0 fully saturated rings. The lowest BCUT2D eigenvalue weighted by Crippen LogP contribution is -2.40. The SMILES string of the molecule is CCNC(=NCC1COc2ccccc2O1)NCCCN(C)C.